The molecule has 0 heterocycles. The van der Waals surface area contributed by atoms with Crippen LogP contribution < -0.4 is 15.5 Å². The molecule has 17 heteroatoms. The molecule has 0 spiro atoms. The highest BCUT2D eigenvalue weighted by Gasteiger charge is 2.51. The third-order valence-electron chi connectivity index (χ3n) is 7.15. The number of sulfonamides is 1. The van der Waals surface area contributed by atoms with Gasteiger partial charge in [-0.2, -0.15) is 4.31 Å². The molecule has 0 atom stereocenters. The average Bonchev–Trinajstić information content (AvgIpc) is 3.55. The first kappa shape index (κ1) is 36.6. The fourth-order valence-electron chi connectivity index (χ4n) is 4.91. The van der Waals surface area contributed by atoms with Crippen molar-refractivity contribution in [2.45, 2.75) is 42.5 Å². The van der Waals surface area contributed by atoms with Crippen LogP contribution in [0.1, 0.15) is 32.1 Å². The van der Waals surface area contributed by atoms with Crippen LogP contribution in [0, 0.1) is 5.82 Å². The number of carbonyl (C=O) groups excluding carboxylic acids is 2. The fourth-order valence-corrected chi connectivity index (χ4v) is 6.70. The molecule has 2 amide bonds. The number of benzene rings is 2. The minimum Gasteiger partial charge on any atom is -0.457 e. The second kappa shape index (κ2) is 19.0. The van der Waals surface area contributed by atoms with Gasteiger partial charge in [-0.3, -0.25) is 14.8 Å². The first-order chi connectivity index (χ1) is 22.2. The fraction of sp³-hybridized carbons (Fsp3) is 0.517. The van der Waals surface area contributed by atoms with Crippen LogP contribution in [0.5, 0.6) is 11.5 Å². The van der Waals surface area contributed by atoms with E-state index in [9.17, 15) is 27.6 Å². The molecule has 0 radical (unpaired) electrons. The predicted octanol–water partition coefficient (Wildman–Crippen LogP) is 3.29. The monoisotopic (exact) mass is 666 g/mol. The van der Waals surface area contributed by atoms with Gasteiger partial charge in [0.1, 0.15) is 22.9 Å². The highest BCUT2D eigenvalue weighted by atomic mass is 32.2. The lowest BCUT2D eigenvalue weighted by molar-refractivity contribution is -0.139. The van der Waals surface area contributed by atoms with Gasteiger partial charge in [-0.15, -0.1) is 0 Å². The van der Waals surface area contributed by atoms with Crippen molar-refractivity contribution in [1.82, 2.24) is 15.1 Å². The smallest absolute Gasteiger partial charge is 0.264 e. The van der Waals surface area contributed by atoms with Gasteiger partial charge in [0.2, 0.25) is 15.9 Å². The number of nitrogens with one attached hydrogen (secondary N) is 2. The Kier molecular flexibility index (Phi) is 15.1. The number of azide groups is 1. The minimum absolute atomic E-state index is 0.133. The summed E-state index contributed by atoms with van der Waals surface area (Å²) in [5, 5.41) is 15.5. The summed E-state index contributed by atoms with van der Waals surface area (Å²) in [7, 11) is -4.33. The number of carbonyl (C=O) groups is 2. The Morgan fingerprint density at radius 2 is 1.50 bits per heavy atom. The Balaban J connectivity index is 1.54. The summed E-state index contributed by atoms with van der Waals surface area (Å²) in [4.78, 5) is 28.1. The van der Waals surface area contributed by atoms with E-state index in [-0.39, 0.29) is 57.0 Å². The number of halogens is 1. The number of nitrogens with zero attached hydrogens (tertiary/aromatic N) is 4. The molecule has 2 aromatic carbocycles. The van der Waals surface area contributed by atoms with E-state index in [1.165, 1.54) is 48.5 Å². The molecule has 3 N–H and O–H groups in total. The van der Waals surface area contributed by atoms with E-state index in [4.69, 9.17) is 24.5 Å². The number of rotatable bonds is 21. The van der Waals surface area contributed by atoms with E-state index >= 15 is 0 Å². The maximum atomic E-state index is 13.9. The van der Waals surface area contributed by atoms with Crippen molar-refractivity contribution in [3.63, 3.8) is 0 Å². The molecule has 46 heavy (non-hydrogen) atoms. The van der Waals surface area contributed by atoms with Crippen molar-refractivity contribution >= 4 is 21.8 Å². The summed E-state index contributed by atoms with van der Waals surface area (Å²) in [5.41, 5.74) is 8.23. The molecule has 0 aliphatic heterocycles. The van der Waals surface area contributed by atoms with Crippen LogP contribution in [0.4, 0.5) is 4.39 Å². The van der Waals surface area contributed by atoms with Crippen molar-refractivity contribution in [2.75, 3.05) is 59.3 Å². The van der Waals surface area contributed by atoms with E-state index in [1.54, 1.807) is 5.48 Å². The lowest BCUT2D eigenvalue weighted by atomic mass is 9.96. The lowest BCUT2D eigenvalue weighted by Crippen LogP contribution is -2.59. The quantitative estimate of drug-likeness (QED) is 0.0446. The third-order valence-corrected chi connectivity index (χ3v) is 9.13. The van der Waals surface area contributed by atoms with Gasteiger partial charge in [0.15, 0.2) is 0 Å². The Hall–Kier alpha value is -3.83. The molecule has 15 nitrogen and oxygen atoms in total. The van der Waals surface area contributed by atoms with Crippen LogP contribution in [-0.4, -0.2) is 94.6 Å². The first-order valence-corrected chi connectivity index (χ1v) is 16.2. The van der Waals surface area contributed by atoms with Gasteiger partial charge in [-0.1, -0.05) is 18.0 Å². The molecule has 252 valence electrons. The Bertz CT molecular complexity index is 1400. The molecule has 1 saturated carbocycles. The van der Waals surface area contributed by atoms with Crippen LogP contribution in [0.15, 0.2) is 58.5 Å². The minimum atomic E-state index is -4.33. The average molecular weight is 667 g/mol. The molecule has 0 unspecified atom stereocenters. The molecule has 1 fully saturated rings. The number of amides is 2. The van der Waals surface area contributed by atoms with E-state index < -0.39 is 33.2 Å². The normalized spacial score (nSPS) is 14.1. The van der Waals surface area contributed by atoms with E-state index in [2.05, 4.69) is 15.3 Å². The molecule has 0 saturated heterocycles. The Morgan fingerprint density at radius 3 is 2.09 bits per heavy atom. The molecule has 0 bridgehead atoms. The molecular weight excluding hydrogens is 627 g/mol. The van der Waals surface area contributed by atoms with Crippen molar-refractivity contribution in [3.8, 4) is 11.5 Å². The van der Waals surface area contributed by atoms with E-state index in [0.29, 0.717) is 50.8 Å². The molecule has 1 aliphatic rings. The van der Waals surface area contributed by atoms with E-state index in [1.807, 2.05) is 0 Å². The maximum Gasteiger partial charge on any atom is 0.264 e. The van der Waals surface area contributed by atoms with Gasteiger partial charge in [-0.25, -0.2) is 18.3 Å². The number of ether oxygens (including phenoxy) is 4. The Labute approximate surface area is 266 Å². The summed E-state index contributed by atoms with van der Waals surface area (Å²) in [6.07, 6.45) is 1.21. The largest absolute Gasteiger partial charge is 0.457 e. The number of hydrogen-bond acceptors (Lipinski definition) is 10. The van der Waals surface area contributed by atoms with Crippen molar-refractivity contribution in [1.29, 1.82) is 0 Å². The maximum absolute atomic E-state index is 13.9. The SMILES string of the molecule is [N-]=[N+]=NCCOCCOCCOCCNC(=O)CCN(C1(C(=O)NO)CCCC1)S(=O)(=O)c1ccc(Oc2ccc(F)cc2)cc1. The summed E-state index contributed by atoms with van der Waals surface area (Å²) in [6, 6.07) is 10.8. The predicted molar refractivity (Wildman–Crippen MR) is 162 cm³/mol. The molecular formula is C29H39FN6O9S. The topological polar surface area (TPSA) is 201 Å². The molecule has 2 aromatic rings. The standard InChI is InChI=1S/C29H39FN6O9S/c30-23-3-5-24(6-4-23)45-25-7-9-26(10-8-25)46(40,41)36(29(28(38)34-39)12-1-2-13-29)16-11-27(37)32-14-17-42-19-21-44-22-20-43-18-15-33-35-31/h3-10,39H,1-2,11-22H2,(H,32,37)(H,34,38). The number of hydroxylamine groups is 1. The van der Waals surface area contributed by atoms with Crippen molar-refractivity contribution in [3.05, 3.63) is 64.8 Å². The summed E-state index contributed by atoms with van der Waals surface area (Å²) in [5.74, 6) is -1.07. The van der Waals surface area contributed by atoms with Gasteiger partial charge >= 0.3 is 0 Å². The molecule has 3 rings (SSSR count). The second-order valence-corrected chi connectivity index (χ2v) is 12.0. The second-order valence-electron chi connectivity index (χ2n) is 10.2. The summed E-state index contributed by atoms with van der Waals surface area (Å²) in [6.45, 7) is 1.92. The first-order valence-electron chi connectivity index (χ1n) is 14.7. The van der Waals surface area contributed by atoms with Crippen LogP contribution in [0.3, 0.4) is 0 Å². The zero-order valence-electron chi connectivity index (χ0n) is 25.3. The van der Waals surface area contributed by atoms with Crippen LogP contribution in [0.25, 0.3) is 10.4 Å². The van der Waals surface area contributed by atoms with Crippen molar-refractivity contribution < 1.29 is 46.6 Å². The zero-order valence-corrected chi connectivity index (χ0v) is 26.1. The van der Waals surface area contributed by atoms with E-state index in [0.717, 1.165) is 4.31 Å². The molecule has 1 aliphatic carbocycles. The highest BCUT2D eigenvalue weighted by Crippen LogP contribution is 2.39. The lowest BCUT2D eigenvalue weighted by Gasteiger charge is -2.38. The number of hydrogen-bond donors (Lipinski definition) is 3. The van der Waals surface area contributed by atoms with Crippen LogP contribution >= 0.6 is 0 Å². The van der Waals surface area contributed by atoms with Gasteiger partial charge in [-0.05, 0) is 66.9 Å². The third kappa shape index (κ3) is 10.9. The summed E-state index contributed by atoms with van der Waals surface area (Å²) >= 11 is 0. The van der Waals surface area contributed by atoms with Crippen LogP contribution in [0.2, 0.25) is 0 Å². The van der Waals surface area contributed by atoms with Gasteiger partial charge in [0.25, 0.3) is 5.91 Å². The van der Waals surface area contributed by atoms with Gasteiger partial charge in [0, 0.05) is 31.0 Å². The highest BCUT2D eigenvalue weighted by molar-refractivity contribution is 7.89. The van der Waals surface area contributed by atoms with Crippen LogP contribution in [-0.2, 0) is 33.8 Å². The van der Waals surface area contributed by atoms with Crippen molar-refractivity contribution in [2.24, 2.45) is 5.11 Å². The van der Waals surface area contributed by atoms with Gasteiger partial charge < -0.3 is 24.3 Å². The Morgan fingerprint density at radius 1 is 0.935 bits per heavy atom. The summed E-state index contributed by atoms with van der Waals surface area (Å²) < 4.78 is 63.7. The van der Waals surface area contributed by atoms with Gasteiger partial charge in [0.05, 0.1) is 44.5 Å². The zero-order chi connectivity index (χ0) is 33.3. The molecule has 0 aromatic heterocycles.